The van der Waals surface area contributed by atoms with Crippen molar-refractivity contribution in [3.05, 3.63) is 24.5 Å². The molecule has 5 nitrogen and oxygen atoms in total. The molecule has 1 N–H and O–H groups in total. The summed E-state index contributed by atoms with van der Waals surface area (Å²) >= 11 is 0. The average Bonchev–Trinajstić information content (AvgIpc) is 2.64. The van der Waals surface area contributed by atoms with Crippen molar-refractivity contribution in [2.45, 2.75) is 51.0 Å². The van der Waals surface area contributed by atoms with E-state index in [0.717, 1.165) is 64.7 Å². The molecule has 2 heterocycles. The number of carbonyl (C=O) groups is 1. The van der Waals surface area contributed by atoms with Crippen LogP contribution in [0, 0.1) is 5.92 Å². The first kappa shape index (κ1) is 17.2. The predicted octanol–water partition coefficient (Wildman–Crippen LogP) is 2.45. The van der Waals surface area contributed by atoms with Crippen LogP contribution in [0.15, 0.2) is 24.5 Å². The Hall–Kier alpha value is -1.62. The van der Waals surface area contributed by atoms with E-state index >= 15 is 0 Å². The van der Waals surface area contributed by atoms with E-state index in [9.17, 15) is 9.90 Å². The lowest BCUT2D eigenvalue weighted by molar-refractivity contribution is -0.131. The number of aromatic nitrogens is 1. The first-order valence-electron chi connectivity index (χ1n) is 9.33. The van der Waals surface area contributed by atoms with Crippen molar-refractivity contribution >= 4 is 11.6 Å². The fourth-order valence-corrected chi connectivity index (χ4v) is 3.90. The second-order valence-corrected chi connectivity index (χ2v) is 7.14. The third kappa shape index (κ3) is 4.69. The van der Waals surface area contributed by atoms with Crippen LogP contribution in [-0.4, -0.2) is 53.2 Å². The van der Waals surface area contributed by atoms with Crippen LogP contribution in [0.4, 0.5) is 5.69 Å². The quantitative estimate of drug-likeness (QED) is 0.900. The van der Waals surface area contributed by atoms with E-state index in [-0.39, 0.29) is 6.10 Å². The highest BCUT2D eigenvalue weighted by Crippen LogP contribution is 2.28. The maximum Gasteiger partial charge on any atom is 0.222 e. The fourth-order valence-electron chi connectivity index (χ4n) is 3.90. The highest BCUT2D eigenvalue weighted by atomic mass is 16.3. The molecule has 1 aliphatic carbocycles. The van der Waals surface area contributed by atoms with Crippen LogP contribution in [0.2, 0.25) is 0 Å². The van der Waals surface area contributed by atoms with Crippen molar-refractivity contribution in [3.8, 4) is 0 Å². The molecule has 1 saturated carbocycles. The van der Waals surface area contributed by atoms with Crippen LogP contribution < -0.4 is 4.90 Å². The van der Waals surface area contributed by atoms with Gasteiger partial charge in [0.1, 0.15) is 0 Å². The number of piperazine rings is 1. The van der Waals surface area contributed by atoms with Crippen molar-refractivity contribution in [2.75, 3.05) is 31.1 Å². The van der Waals surface area contributed by atoms with Gasteiger partial charge in [0.2, 0.25) is 5.91 Å². The number of amides is 1. The predicted molar refractivity (Wildman–Crippen MR) is 94.8 cm³/mol. The normalized spacial score (nSPS) is 24.9. The van der Waals surface area contributed by atoms with Gasteiger partial charge in [-0.2, -0.15) is 0 Å². The summed E-state index contributed by atoms with van der Waals surface area (Å²) in [5.41, 5.74) is 1.19. The lowest BCUT2D eigenvalue weighted by Crippen LogP contribution is -2.48. The maximum absolute atomic E-state index is 12.4. The number of hydrogen-bond acceptors (Lipinski definition) is 4. The highest BCUT2D eigenvalue weighted by Gasteiger charge is 2.22. The molecule has 0 spiro atoms. The van der Waals surface area contributed by atoms with Crippen molar-refractivity contribution in [1.29, 1.82) is 0 Å². The summed E-state index contributed by atoms with van der Waals surface area (Å²) in [6.45, 7) is 3.43. The van der Waals surface area contributed by atoms with Crippen LogP contribution in [0.1, 0.15) is 44.9 Å². The van der Waals surface area contributed by atoms with E-state index in [4.69, 9.17) is 0 Å². The van der Waals surface area contributed by atoms with Gasteiger partial charge in [-0.15, -0.1) is 0 Å². The number of aliphatic hydroxyl groups excluding tert-OH is 1. The molecule has 1 amide bonds. The second-order valence-electron chi connectivity index (χ2n) is 7.14. The van der Waals surface area contributed by atoms with Crippen molar-refractivity contribution in [3.63, 3.8) is 0 Å². The standard InChI is InChI=1S/C19H29N3O2/c23-18-6-4-16(5-7-18)2-1-3-19(24)22-14-12-21(13-15-22)17-8-10-20-11-9-17/h8-11,16,18,23H,1-7,12-15H2. The first-order valence-corrected chi connectivity index (χ1v) is 9.33. The van der Waals surface area contributed by atoms with E-state index in [1.54, 1.807) is 0 Å². The van der Waals surface area contributed by atoms with Gasteiger partial charge < -0.3 is 14.9 Å². The Morgan fingerprint density at radius 3 is 2.42 bits per heavy atom. The van der Waals surface area contributed by atoms with Gasteiger partial charge in [-0.05, 0) is 56.6 Å². The van der Waals surface area contributed by atoms with Gasteiger partial charge in [0.05, 0.1) is 6.10 Å². The zero-order chi connectivity index (χ0) is 16.8. The van der Waals surface area contributed by atoms with Crippen LogP contribution >= 0.6 is 0 Å². The Morgan fingerprint density at radius 2 is 1.75 bits per heavy atom. The van der Waals surface area contributed by atoms with Crippen LogP contribution in [0.3, 0.4) is 0 Å². The zero-order valence-electron chi connectivity index (χ0n) is 14.4. The molecular formula is C19H29N3O2. The van der Waals surface area contributed by atoms with Gasteiger partial charge in [0.25, 0.3) is 0 Å². The molecule has 0 aromatic carbocycles. The summed E-state index contributed by atoms with van der Waals surface area (Å²) in [4.78, 5) is 20.8. The van der Waals surface area contributed by atoms with Crippen molar-refractivity contribution in [1.82, 2.24) is 9.88 Å². The number of anilines is 1. The molecule has 1 aromatic rings. The summed E-state index contributed by atoms with van der Waals surface area (Å²) in [6, 6.07) is 4.05. The maximum atomic E-state index is 12.4. The molecule has 24 heavy (non-hydrogen) atoms. The van der Waals surface area contributed by atoms with Crippen molar-refractivity contribution in [2.24, 2.45) is 5.92 Å². The topological polar surface area (TPSA) is 56.7 Å². The average molecular weight is 331 g/mol. The molecule has 3 rings (SSSR count). The van der Waals surface area contributed by atoms with Gasteiger partial charge in [-0.1, -0.05) is 0 Å². The smallest absolute Gasteiger partial charge is 0.222 e. The molecule has 2 aliphatic rings. The molecule has 0 atom stereocenters. The Kier molecular flexibility index (Phi) is 6.07. The summed E-state index contributed by atoms with van der Waals surface area (Å²) in [6.07, 6.45) is 10.5. The minimum Gasteiger partial charge on any atom is -0.393 e. The number of aliphatic hydroxyl groups is 1. The third-order valence-electron chi connectivity index (χ3n) is 5.48. The molecule has 0 bridgehead atoms. The minimum atomic E-state index is -0.0837. The summed E-state index contributed by atoms with van der Waals surface area (Å²) in [5, 5.41) is 9.55. The number of carbonyl (C=O) groups excluding carboxylic acids is 1. The van der Waals surface area contributed by atoms with Gasteiger partial charge in [0.15, 0.2) is 0 Å². The first-order chi connectivity index (χ1) is 11.7. The van der Waals surface area contributed by atoms with Crippen LogP contribution in [0.5, 0.6) is 0 Å². The molecule has 0 unspecified atom stereocenters. The lowest BCUT2D eigenvalue weighted by atomic mass is 9.84. The number of pyridine rings is 1. The minimum absolute atomic E-state index is 0.0837. The number of hydrogen-bond donors (Lipinski definition) is 1. The molecule has 5 heteroatoms. The SMILES string of the molecule is O=C(CCCC1CCC(O)CC1)N1CCN(c2ccncc2)CC1. The number of rotatable bonds is 5. The second kappa shape index (κ2) is 8.47. The Labute approximate surface area is 144 Å². The fraction of sp³-hybridized carbons (Fsp3) is 0.684. The molecular weight excluding hydrogens is 302 g/mol. The molecule has 0 radical (unpaired) electrons. The van der Waals surface area contributed by atoms with Gasteiger partial charge in [-0.3, -0.25) is 9.78 Å². The van der Waals surface area contributed by atoms with E-state index in [2.05, 4.69) is 9.88 Å². The van der Waals surface area contributed by atoms with E-state index in [1.807, 2.05) is 29.4 Å². The van der Waals surface area contributed by atoms with Gasteiger partial charge in [0, 0.05) is 50.7 Å². The van der Waals surface area contributed by atoms with Crippen LogP contribution in [-0.2, 0) is 4.79 Å². The Balaban J connectivity index is 1.35. The highest BCUT2D eigenvalue weighted by molar-refractivity contribution is 5.76. The van der Waals surface area contributed by atoms with E-state index in [1.165, 1.54) is 5.69 Å². The van der Waals surface area contributed by atoms with Gasteiger partial charge >= 0.3 is 0 Å². The largest absolute Gasteiger partial charge is 0.393 e. The Bertz CT molecular complexity index is 507. The van der Waals surface area contributed by atoms with Gasteiger partial charge in [-0.25, -0.2) is 0 Å². The summed E-state index contributed by atoms with van der Waals surface area (Å²) < 4.78 is 0. The van der Waals surface area contributed by atoms with Crippen LogP contribution in [0.25, 0.3) is 0 Å². The summed E-state index contributed by atoms with van der Waals surface area (Å²) in [5.74, 6) is 1.02. The zero-order valence-corrected chi connectivity index (χ0v) is 14.4. The molecule has 2 fully saturated rings. The monoisotopic (exact) mass is 331 g/mol. The molecule has 1 aliphatic heterocycles. The molecule has 1 saturated heterocycles. The Morgan fingerprint density at radius 1 is 1.08 bits per heavy atom. The van der Waals surface area contributed by atoms with Crippen molar-refractivity contribution < 1.29 is 9.90 Å². The molecule has 1 aromatic heterocycles. The van der Waals surface area contributed by atoms with E-state index < -0.39 is 0 Å². The third-order valence-corrected chi connectivity index (χ3v) is 5.48. The summed E-state index contributed by atoms with van der Waals surface area (Å²) in [7, 11) is 0. The van der Waals surface area contributed by atoms with E-state index in [0.29, 0.717) is 18.2 Å². The number of nitrogens with zero attached hydrogens (tertiary/aromatic N) is 3. The lowest BCUT2D eigenvalue weighted by Gasteiger charge is -2.36. The molecule has 132 valence electrons.